The van der Waals surface area contributed by atoms with Crippen molar-refractivity contribution in [2.24, 2.45) is 0 Å². The topological polar surface area (TPSA) is 61.5 Å². The van der Waals surface area contributed by atoms with Gasteiger partial charge in [-0.05, 0) is 43.9 Å². The minimum absolute atomic E-state index is 0.0216. The van der Waals surface area contributed by atoms with Gasteiger partial charge >= 0.3 is 0 Å². The van der Waals surface area contributed by atoms with Gasteiger partial charge in [-0.2, -0.15) is 0 Å². The molecule has 1 aromatic rings. The zero-order valence-corrected chi connectivity index (χ0v) is 13.3. The molecule has 21 heavy (non-hydrogen) atoms. The van der Waals surface area contributed by atoms with Gasteiger partial charge in [-0.3, -0.25) is 4.21 Å². The standard InChI is InChI=1S/C16H23NO3S/c1-19-12-4-5-14(17)15(10-12)21(18)13-6-9-20-16(11-13)7-2-3-8-16/h4-5,10,13H,2-3,6-9,11,17H2,1H3. The Kier molecular flexibility index (Phi) is 4.22. The number of anilines is 1. The summed E-state index contributed by atoms with van der Waals surface area (Å²) >= 11 is 0. The highest BCUT2D eigenvalue weighted by molar-refractivity contribution is 7.85. The molecule has 3 rings (SSSR count). The van der Waals surface area contributed by atoms with E-state index in [1.807, 2.05) is 6.07 Å². The number of ether oxygens (including phenoxy) is 2. The number of methoxy groups -OCH3 is 1. The Morgan fingerprint density at radius 3 is 2.86 bits per heavy atom. The monoisotopic (exact) mass is 309 g/mol. The zero-order valence-electron chi connectivity index (χ0n) is 12.5. The van der Waals surface area contributed by atoms with Crippen molar-refractivity contribution in [2.45, 2.75) is 54.3 Å². The van der Waals surface area contributed by atoms with E-state index in [9.17, 15) is 4.21 Å². The van der Waals surface area contributed by atoms with Gasteiger partial charge in [0.2, 0.25) is 0 Å². The number of rotatable bonds is 3. The van der Waals surface area contributed by atoms with E-state index in [0.29, 0.717) is 22.9 Å². The maximum atomic E-state index is 12.9. The van der Waals surface area contributed by atoms with Crippen molar-refractivity contribution in [3.8, 4) is 5.75 Å². The fourth-order valence-electron chi connectivity index (χ4n) is 3.53. The third-order valence-electron chi connectivity index (χ3n) is 4.70. The van der Waals surface area contributed by atoms with E-state index in [1.54, 1.807) is 19.2 Å². The summed E-state index contributed by atoms with van der Waals surface area (Å²) in [4.78, 5) is 0.703. The molecule has 2 fully saturated rings. The summed E-state index contributed by atoms with van der Waals surface area (Å²) in [5, 5.41) is 0.131. The number of benzene rings is 1. The van der Waals surface area contributed by atoms with E-state index in [4.69, 9.17) is 15.2 Å². The first kappa shape index (κ1) is 14.9. The van der Waals surface area contributed by atoms with Crippen LogP contribution in [0.4, 0.5) is 5.69 Å². The molecule has 1 aromatic carbocycles. The molecule has 2 aliphatic rings. The smallest absolute Gasteiger partial charge is 0.120 e. The quantitative estimate of drug-likeness (QED) is 0.872. The second-order valence-electron chi connectivity index (χ2n) is 6.05. The molecule has 1 saturated carbocycles. The van der Waals surface area contributed by atoms with Crippen LogP contribution in [0.5, 0.6) is 5.75 Å². The fraction of sp³-hybridized carbons (Fsp3) is 0.625. The molecule has 1 aliphatic heterocycles. The highest BCUT2D eigenvalue weighted by atomic mass is 32.2. The van der Waals surface area contributed by atoms with Crippen LogP contribution in [-0.4, -0.2) is 28.8 Å². The van der Waals surface area contributed by atoms with Crippen LogP contribution in [0.15, 0.2) is 23.1 Å². The molecule has 0 radical (unpaired) electrons. The Hall–Kier alpha value is -1.07. The van der Waals surface area contributed by atoms with Crippen molar-refractivity contribution in [1.82, 2.24) is 0 Å². The van der Waals surface area contributed by atoms with E-state index < -0.39 is 10.8 Å². The van der Waals surface area contributed by atoms with Gasteiger partial charge in [0.05, 0.1) is 28.4 Å². The molecule has 0 amide bonds. The lowest BCUT2D eigenvalue weighted by atomic mass is 9.92. The lowest BCUT2D eigenvalue weighted by molar-refractivity contribution is -0.0708. The Bertz CT molecular complexity index is 540. The fourth-order valence-corrected chi connectivity index (χ4v) is 5.19. The second-order valence-corrected chi connectivity index (χ2v) is 7.76. The predicted octanol–water partition coefficient (Wildman–Crippen LogP) is 2.88. The summed E-state index contributed by atoms with van der Waals surface area (Å²) in [6, 6.07) is 5.39. The molecule has 1 saturated heterocycles. The van der Waals surface area contributed by atoms with Crippen LogP contribution in [0, 0.1) is 0 Å². The number of hydrogen-bond donors (Lipinski definition) is 1. The van der Waals surface area contributed by atoms with Gasteiger partial charge in [-0.25, -0.2) is 0 Å². The third kappa shape index (κ3) is 2.94. The van der Waals surface area contributed by atoms with Crippen molar-refractivity contribution in [1.29, 1.82) is 0 Å². The number of hydrogen-bond acceptors (Lipinski definition) is 4. The minimum atomic E-state index is -1.10. The number of nitrogens with two attached hydrogens (primary N) is 1. The average molecular weight is 309 g/mol. The number of nitrogen functional groups attached to an aromatic ring is 1. The highest BCUT2D eigenvalue weighted by Gasteiger charge is 2.42. The second kappa shape index (κ2) is 5.97. The van der Waals surface area contributed by atoms with Crippen molar-refractivity contribution in [3.63, 3.8) is 0 Å². The van der Waals surface area contributed by atoms with Gasteiger partial charge < -0.3 is 15.2 Å². The van der Waals surface area contributed by atoms with E-state index >= 15 is 0 Å². The van der Waals surface area contributed by atoms with Gasteiger partial charge in [0.1, 0.15) is 5.75 Å². The van der Waals surface area contributed by atoms with Crippen LogP contribution in [-0.2, 0) is 15.5 Å². The molecule has 2 unspecified atom stereocenters. The van der Waals surface area contributed by atoms with Crippen LogP contribution >= 0.6 is 0 Å². The molecule has 2 atom stereocenters. The van der Waals surface area contributed by atoms with Crippen molar-refractivity contribution in [2.75, 3.05) is 19.5 Å². The highest BCUT2D eigenvalue weighted by Crippen LogP contribution is 2.42. The molecular weight excluding hydrogens is 286 g/mol. The zero-order chi connectivity index (χ0) is 14.9. The Morgan fingerprint density at radius 1 is 1.38 bits per heavy atom. The van der Waals surface area contributed by atoms with Gasteiger partial charge in [0, 0.05) is 17.5 Å². The van der Waals surface area contributed by atoms with Crippen LogP contribution in [0.2, 0.25) is 0 Å². The van der Waals surface area contributed by atoms with Crippen LogP contribution in [0.25, 0.3) is 0 Å². The normalized spacial score (nSPS) is 25.9. The summed E-state index contributed by atoms with van der Waals surface area (Å²) in [7, 11) is 0.511. The average Bonchev–Trinajstić information content (AvgIpc) is 2.95. The molecular formula is C16H23NO3S. The van der Waals surface area contributed by atoms with Gasteiger partial charge in [0.25, 0.3) is 0 Å². The van der Waals surface area contributed by atoms with Crippen LogP contribution in [0.1, 0.15) is 38.5 Å². The Balaban J connectivity index is 1.81. The lowest BCUT2D eigenvalue weighted by Crippen LogP contribution is -2.41. The van der Waals surface area contributed by atoms with E-state index in [-0.39, 0.29) is 10.9 Å². The van der Waals surface area contributed by atoms with E-state index in [2.05, 4.69) is 0 Å². The van der Waals surface area contributed by atoms with Crippen LogP contribution in [0.3, 0.4) is 0 Å². The maximum absolute atomic E-state index is 12.9. The molecule has 1 spiro atoms. The van der Waals surface area contributed by atoms with Crippen molar-refractivity contribution >= 4 is 16.5 Å². The van der Waals surface area contributed by atoms with Crippen LogP contribution < -0.4 is 10.5 Å². The summed E-state index contributed by atoms with van der Waals surface area (Å²) in [5.74, 6) is 0.704. The molecule has 1 heterocycles. The maximum Gasteiger partial charge on any atom is 0.120 e. The third-order valence-corrected chi connectivity index (χ3v) is 6.50. The van der Waals surface area contributed by atoms with Crippen molar-refractivity contribution < 1.29 is 13.7 Å². The summed E-state index contributed by atoms with van der Waals surface area (Å²) < 4.78 is 24.2. The first-order valence-corrected chi connectivity index (χ1v) is 8.83. The van der Waals surface area contributed by atoms with Gasteiger partial charge in [-0.15, -0.1) is 0 Å². The van der Waals surface area contributed by atoms with E-state index in [0.717, 1.165) is 25.7 Å². The summed E-state index contributed by atoms with van der Waals surface area (Å²) in [6.07, 6.45) is 6.38. The Morgan fingerprint density at radius 2 is 2.14 bits per heavy atom. The molecule has 0 bridgehead atoms. The molecule has 5 heteroatoms. The van der Waals surface area contributed by atoms with Gasteiger partial charge in [-0.1, -0.05) is 12.8 Å². The molecule has 4 nitrogen and oxygen atoms in total. The summed E-state index contributed by atoms with van der Waals surface area (Å²) in [5.41, 5.74) is 6.58. The summed E-state index contributed by atoms with van der Waals surface area (Å²) in [6.45, 7) is 0.709. The predicted molar refractivity (Wildman–Crippen MR) is 84.0 cm³/mol. The molecule has 1 aliphatic carbocycles. The molecule has 2 N–H and O–H groups in total. The SMILES string of the molecule is COc1ccc(N)c(S(=O)C2CCOC3(CCCC3)C2)c1. The molecule has 116 valence electrons. The first-order chi connectivity index (χ1) is 10.1. The minimum Gasteiger partial charge on any atom is -0.497 e. The van der Waals surface area contributed by atoms with E-state index in [1.165, 1.54) is 12.8 Å². The van der Waals surface area contributed by atoms with Gasteiger partial charge in [0.15, 0.2) is 0 Å². The first-order valence-electron chi connectivity index (χ1n) is 7.62. The largest absolute Gasteiger partial charge is 0.497 e. The molecule has 0 aromatic heterocycles. The Labute approximate surface area is 128 Å². The lowest BCUT2D eigenvalue weighted by Gasteiger charge is -2.38. The van der Waals surface area contributed by atoms with Crippen molar-refractivity contribution in [3.05, 3.63) is 18.2 Å².